The van der Waals surface area contributed by atoms with Gasteiger partial charge in [0.25, 0.3) is 0 Å². The Balaban J connectivity index is 1.82. The van der Waals surface area contributed by atoms with Gasteiger partial charge in [-0.05, 0) is 51.2 Å². The summed E-state index contributed by atoms with van der Waals surface area (Å²) in [6.45, 7) is 2.06. The van der Waals surface area contributed by atoms with Crippen LogP contribution in [0.1, 0.15) is 12.8 Å². The normalized spacial score (nSPS) is 17.4. The quantitative estimate of drug-likeness (QED) is 0.865. The number of piperidine rings is 1. The minimum absolute atomic E-state index is 0.160. The van der Waals surface area contributed by atoms with Crippen molar-refractivity contribution in [2.45, 2.75) is 18.9 Å². The van der Waals surface area contributed by atoms with E-state index in [1.165, 1.54) is 0 Å². The molecule has 0 aliphatic carbocycles. The van der Waals surface area contributed by atoms with Crippen LogP contribution in [0.15, 0.2) is 24.3 Å². The van der Waals surface area contributed by atoms with Gasteiger partial charge in [0.2, 0.25) is 0 Å². The highest BCUT2D eigenvalue weighted by Crippen LogP contribution is 2.15. The fraction of sp³-hybridized carbons (Fsp3) is 0.462. The van der Waals surface area contributed by atoms with Crippen molar-refractivity contribution in [1.29, 1.82) is 0 Å². The molecule has 98 valence electrons. The fourth-order valence-electron chi connectivity index (χ4n) is 2.07. The van der Waals surface area contributed by atoms with Crippen molar-refractivity contribution >= 4 is 23.3 Å². The van der Waals surface area contributed by atoms with E-state index in [9.17, 15) is 4.79 Å². The molecule has 2 N–H and O–H groups in total. The van der Waals surface area contributed by atoms with E-state index in [1.54, 1.807) is 12.1 Å². The monoisotopic (exact) mass is 267 g/mol. The molecule has 1 heterocycles. The van der Waals surface area contributed by atoms with Gasteiger partial charge in [-0.2, -0.15) is 0 Å². The highest BCUT2D eigenvalue weighted by molar-refractivity contribution is 6.30. The summed E-state index contributed by atoms with van der Waals surface area (Å²) in [4.78, 5) is 14.1. The van der Waals surface area contributed by atoms with Gasteiger partial charge in [0, 0.05) is 16.8 Å². The summed E-state index contributed by atoms with van der Waals surface area (Å²) in [5.74, 6) is 0. The largest absolute Gasteiger partial charge is 0.335 e. The van der Waals surface area contributed by atoms with Gasteiger partial charge in [0.05, 0.1) is 0 Å². The molecule has 1 aliphatic heterocycles. The molecule has 18 heavy (non-hydrogen) atoms. The third-order valence-corrected chi connectivity index (χ3v) is 3.37. The van der Waals surface area contributed by atoms with Gasteiger partial charge in [-0.1, -0.05) is 17.7 Å². The first-order chi connectivity index (χ1) is 8.63. The molecule has 5 heteroatoms. The Morgan fingerprint density at radius 1 is 1.39 bits per heavy atom. The molecular weight excluding hydrogens is 250 g/mol. The summed E-state index contributed by atoms with van der Waals surface area (Å²) in [5.41, 5.74) is 0.716. The number of halogens is 1. The lowest BCUT2D eigenvalue weighted by Crippen LogP contribution is -2.44. The first kappa shape index (κ1) is 13.2. The molecule has 0 bridgehead atoms. The first-order valence-corrected chi connectivity index (χ1v) is 6.53. The number of hydrogen-bond acceptors (Lipinski definition) is 2. The number of likely N-dealkylation sites (tertiary alicyclic amines) is 1. The lowest BCUT2D eigenvalue weighted by Gasteiger charge is -2.29. The van der Waals surface area contributed by atoms with E-state index in [1.807, 2.05) is 12.1 Å². The number of amides is 2. The number of carbonyl (C=O) groups excluding carboxylic acids is 1. The zero-order chi connectivity index (χ0) is 13.0. The number of nitrogens with one attached hydrogen (secondary N) is 2. The van der Waals surface area contributed by atoms with E-state index >= 15 is 0 Å². The number of anilines is 1. The summed E-state index contributed by atoms with van der Waals surface area (Å²) >= 11 is 5.86. The van der Waals surface area contributed by atoms with Crippen molar-refractivity contribution in [2.75, 3.05) is 25.5 Å². The summed E-state index contributed by atoms with van der Waals surface area (Å²) in [6.07, 6.45) is 2.00. The summed E-state index contributed by atoms with van der Waals surface area (Å²) in [5, 5.41) is 6.40. The van der Waals surface area contributed by atoms with Crippen LogP contribution in [0.5, 0.6) is 0 Å². The number of hydrogen-bond donors (Lipinski definition) is 2. The van der Waals surface area contributed by atoms with E-state index in [-0.39, 0.29) is 12.1 Å². The van der Waals surface area contributed by atoms with E-state index < -0.39 is 0 Å². The van der Waals surface area contributed by atoms with E-state index in [0.717, 1.165) is 25.9 Å². The topological polar surface area (TPSA) is 44.4 Å². The van der Waals surface area contributed by atoms with Crippen LogP contribution in [0, 0.1) is 0 Å². The van der Waals surface area contributed by atoms with Crippen LogP contribution in [0.2, 0.25) is 5.02 Å². The second-order valence-corrected chi connectivity index (χ2v) is 5.12. The van der Waals surface area contributed by atoms with Crippen LogP contribution in [0.3, 0.4) is 0 Å². The molecule has 0 saturated carbocycles. The van der Waals surface area contributed by atoms with Gasteiger partial charge >= 0.3 is 6.03 Å². The van der Waals surface area contributed by atoms with Gasteiger partial charge in [-0.3, -0.25) is 0 Å². The Morgan fingerprint density at radius 2 is 2.11 bits per heavy atom. The van der Waals surface area contributed by atoms with Gasteiger partial charge < -0.3 is 15.5 Å². The summed E-state index contributed by atoms with van der Waals surface area (Å²) in [6, 6.07) is 7.25. The molecule has 1 aromatic carbocycles. The molecule has 4 nitrogen and oxygen atoms in total. The van der Waals surface area contributed by atoms with E-state index in [0.29, 0.717) is 10.7 Å². The van der Waals surface area contributed by atoms with Gasteiger partial charge in [-0.25, -0.2) is 4.79 Å². The average Bonchev–Trinajstić information content (AvgIpc) is 2.32. The van der Waals surface area contributed by atoms with Crippen LogP contribution in [0.4, 0.5) is 10.5 Å². The smallest absolute Gasteiger partial charge is 0.319 e. The van der Waals surface area contributed by atoms with Crippen LogP contribution >= 0.6 is 11.6 Å². The molecule has 0 unspecified atom stereocenters. The van der Waals surface area contributed by atoms with Crippen molar-refractivity contribution < 1.29 is 4.79 Å². The van der Waals surface area contributed by atoms with Crippen LogP contribution < -0.4 is 10.6 Å². The molecule has 0 spiro atoms. The Kier molecular flexibility index (Phi) is 4.44. The Bertz CT molecular complexity index is 416. The number of benzene rings is 1. The minimum Gasteiger partial charge on any atom is -0.335 e. The minimum atomic E-state index is -0.160. The SMILES string of the molecule is CN1CCC(NC(=O)Nc2cccc(Cl)c2)CC1. The van der Waals surface area contributed by atoms with E-state index in [2.05, 4.69) is 22.6 Å². The maximum atomic E-state index is 11.8. The summed E-state index contributed by atoms with van der Waals surface area (Å²) in [7, 11) is 2.10. The third kappa shape index (κ3) is 3.89. The van der Waals surface area contributed by atoms with Crippen molar-refractivity contribution in [3.63, 3.8) is 0 Å². The highest BCUT2D eigenvalue weighted by atomic mass is 35.5. The van der Waals surface area contributed by atoms with Crippen molar-refractivity contribution in [3.8, 4) is 0 Å². The zero-order valence-corrected chi connectivity index (χ0v) is 11.2. The van der Waals surface area contributed by atoms with Crippen LogP contribution in [-0.4, -0.2) is 37.1 Å². The standard InChI is InChI=1S/C13H18ClN3O/c1-17-7-5-11(6-8-17)15-13(18)16-12-4-2-3-10(14)9-12/h2-4,9,11H,5-8H2,1H3,(H2,15,16,18). The molecule has 0 radical (unpaired) electrons. The third-order valence-electron chi connectivity index (χ3n) is 3.14. The molecule has 1 fully saturated rings. The molecule has 0 aromatic heterocycles. The molecule has 1 aliphatic rings. The fourth-order valence-corrected chi connectivity index (χ4v) is 2.26. The second-order valence-electron chi connectivity index (χ2n) is 4.69. The van der Waals surface area contributed by atoms with Crippen molar-refractivity contribution in [2.24, 2.45) is 0 Å². The second kappa shape index (κ2) is 6.07. The maximum Gasteiger partial charge on any atom is 0.319 e. The zero-order valence-electron chi connectivity index (χ0n) is 10.4. The van der Waals surface area contributed by atoms with Gasteiger partial charge in [0.15, 0.2) is 0 Å². The Labute approximate surface area is 112 Å². The first-order valence-electron chi connectivity index (χ1n) is 6.15. The lowest BCUT2D eigenvalue weighted by molar-refractivity contribution is 0.221. The van der Waals surface area contributed by atoms with Crippen molar-refractivity contribution in [1.82, 2.24) is 10.2 Å². The summed E-state index contributed by atoms with van der Waals surface area (Å²) < 4.78 is 0. The molecule has 1 saturated heterocycles. The predicted molar refractivity (Wildman–Crippen MR) is 74.1 cm³/mol. The number of nitrogens with zero attached hydrogens (tertiary/aromatic N) is 1. The van der Waals surface area contributed by atoms with E-state index in [4.69, 9.17) is 11.6 Å². The predicted octanol–water partition coefficient (Wildman–Crippen LogP) is 2.56. The van der Waals surface area contributed by atoms with Crippen LogP contribution in [0.25, 0.3) is 0 Å². The van der Waals surface area contributed by atoms with Gasteiger partial charge in [0.1, 0.15) is 0 Å². The van der Waals surface area contributed by atoms with Gasteiger partial charge in [-0.15, -0.1) is 0 Å². The highest BCUT2D eigenvalue weighted by Gasteiger charge is 2.18. The van der Waals surface area contributed by atoms with Crippen molar-refractivity contribution in [3.05, 3.63) is 29.3 Å². The lowest BCUT2D eigenvalue weighted by atomic mass is 10.1. The Hall–Kier alpha value is -1.26. The Morgan fingerprint density at radius 3 is 2.78 bits per heavy atom. The number of urea groups is 1. The number of carbonyl (C=O) groups is 1. The molecule has 1 aromatic rings. The number of rotatable bonds is 2. The average molecular weight is 268 g/mol. The molecular formula is C13H18ClN3O. The van der Waals surface area contributed by atoms with Crippen LogP contribution in [-0.2, 0) is 0 Å². The molecule has 0 atom stereocenters. The molecule has 2 amide bonds. The molecule has 2 rings (SSSR count). The maximum absolute atomic E-state index is 11.8.